The number of hydrogen-bond acceptors (Lipinski definition) is 5. The quantitative estimate of drug-likeness (QED) is 0.430. The lowest BCUT2D eigenvalue weighted by molar-refractivity contribution is -0.122. The fourth-order valence-corrected chi connectivity index (χ4v) is 4.39. The topological polar surface area (TPSA) is 91.6 Å². The van der Waals surface area contributed by atoms with Crippen LogP contribution in [0, 0.1) is 0 Å². The van der Waals surface area contributed by atoms with Crippen molar-refractivity contribution in [2.24, 2.45) is 7.05 Å². The molecule has 0 unspecified atom stereocenters. The van der Waals surface area contributed by atoms with Gasteiger partial charge in [0.05, 0.1) is 23.9 Å². The Balaban J connectivity index is 1.83. The highest BCUT2D eigenvalue weighted by molar-refractivity contribution is 7.99. The number of nitrogens with one attached hydrogen (secondary N) is 1. The number of rotatable bonds is 6. The molecule has 1 aliphatic heterocycles. The van der Waals surface area contributed by atoms with Crippen LogP contribution in [-0.2, 0) is 16.6 Å². The van der Waals surface area contributed by atoms with Crippen molar-refractivity contribution in [3.05, 3.63) is 65.9 Å². The Morgan fingerprint density at radius 2 is 1.83 bits per heavy atom. The molecule has 2 aromatic carbocycles. The van der Waals surface area contributed by atoms with Crippen molar-refractivity contribution in [3.8, 4) is 0 Å². The lowest BCUT2D eigenvalue weighted by Crippen LogP contribution is -2.22. The van der Waals surface area contributed by atoms with Crippen LogP contribution in [0.5, 0.6) is 0 Å². The van der Waals surface area contributed by atoms with Crippen molar-refractivity contribution in [2.75, 3.05) is 12.4 Å². The van der Waals surface area contributed by atoms with E-state index in [0.29, 0.717) is 22.5 Å². The fraction of sp³-hybridized carbons (Fsp3) is 0.182. The van der Waals surface area contributed by atoms with E-state index in [-0.39, 0.29) is 6.61 Å². The summed E-state index contributed by atoms with van der Waals surface area (Å²) in [6.07, 6.45) is 1.06. The third-order valence-electron chi connectivity index (χ3n) is 4.87. The van der Waals surface area contributed by atoms with Crippen molar-refractivity contribution in [1.29, 1.82) is 0 Å². The maximum Gasteiger partial charge on any atom is 0.259 e. The zero-order chi connectivity index (χ0) is 20.5. The molecule has 148 valence electrons. The normalized spacial score (nSPS) is 15.3. The number of amides is 2. The number of thioether (sulfide) groups is 1. The van der Waals surface area contributed by atoms with Crippen LogP contribution in [0.3, 0.4) is 0 Å². The first-order valence-corrected chi connectivity index (χ1v) is 10.1. The summed E-state index contributed by atoms with van der Waals surface area (Å²) in [7, 11) is 1.91. The third kappa shape index (κ3) is 3.60. The molecular weight excluding hydrogens is 388 g/mol. The number of carbonyl (C=O) groups excluding carboxylic acids is 2. The molecule has 1 aliphatic rings. The molecule has 0 fully saturated rings. The number of nitrogens with zero attached hydrogens (tertiary/aromatic N) is 1. The molecule has 1 aromatic heterocycles. The predicted molar refractivity (Wildman–Crippen MR) is 113 cm³/mol. The zero-order valence-electron chi connectivity index (χ0n) is 15.8. The van der Waals surface area contributed by atoms with Gasteiger partial charge in [-0.15, -0.1) is 11.8 Å². The number of aliphatic hydroxyl groups excluding tert-OH is 2. The number of aryl methyl sites for hydroxylation is 1. The van der Waals surface area contributed by atoms with Crippen LogP contribution < -0.4 is 5.32 Å². The van der Waals surface area contributed by atoms with Crippen LogP contribution >= 0.6 is 11.8 Å². The van der Waals surface area contributed by atoms with E-state index in [1.54, 1.807) is 6.07 Å². The molecule has 3 N–H and O–H groups in total. The van der Waals surface area contributed by atoms with Gasteiger partial charge in [0.15, 0.2) is 0 Å². The van der Waals surface area contributed by atoms with E-state index in [1.165, 1.54) is 11.8 Å². The van der Waals surface area contributed by atoms with E-state index in [2.05, 4.69) is 5.32 Å². The number of benzene rings is 2. The van der Waals surface area contributed by atoms with Crippen molar-refractivity contribution >= 4 is 45.6 Å². The molecule has 0 aliphatic carbocycles. The summed E-state index contributed by atoms with van der Waals surface area (Å²) < 4.78 is 1.94. The van der Waals surface area contributed by atoms with Crippen molar-refractivity contribution in [3.63, 3.8) is 0 Å². The number of carbonyl (C=O) groups is 2. The minimum absolute atomic E-state index is 0.306. The number of aliphatic hydroxyl groups is 2. The maximum atomic E-state index is 12.7. The van der Waals surface area contributed by atoms with Gasteiger partial charge in [-0.2, -0.15) is 0 Å². The number of aromatic nitrogens is 1. The lowest BCUT2D eigenvalue weighted by atomic mass is 9.96. The maximum absolute atomic E-state index is 12.7. The second kappa shape index (κ2) is 7.87. The number of imide groups is 1. The van der Waals surface area contributed by atoms with Gasteiger partial charge in [-0.1, -0.05) is 30.3 Å². The molecule has 29 heavy (non-hydrogen) atoms. The SMILES string of the molecule is Cn1cc(C2=C(c3cccc(SC[C@@H](O)CO)c3)C(=O)NC2=O)c2ccccc21. The molecule has 0 saturated heterocycles. The van der Waals surface area contributed by atoms with Gasteiger partial charge in [0.2, 0.25) is 0 Å². The molecule has 2 heterocycles. The van der Waals surface area contributed by atoms with Gasteiger partial charge in [-0.05, 0) is 23.8 Å². The van der Waals surface area contributed by atoms with Crippen molar-refractivity contribution in [1.82, 2.24) is 9.88 Å². The Morgan fingerprint density at radius 3 is 2.62 bits per heavy atom. The average molecular weight is 408 g/mol. The fourth-order valence-electron chi connectivity index (χ4n) is 3.52. The van der Waals surface area contributed by atoms with Gasteiger partial charge in [0, 0.05) is 40.4 Å². The molecule has 1 atom stereocenters. The summed E-state index contributed by atoms with van der Waals surface area (Å²) in [6.45, 7) is -0.306. The van der Waals surface area contributed by atoms with Crippen LogP contribution in [0.25, 0.3) is 22.0 Å². The highest BCUT2D eigenvalue weighted by Crippen LogP contribution is 2.36. The van der Waals surface area contributed by atoms with E-state index in [9.17, 15) is 14.7 Å². The van der Waals surface area contributed by atoms with E-state index in [4.69, 9.17) is 5.11 Å². The van der Waals surface area contributed by atoms with Crippen LogP contribution in [0.15, 0.2) is 59.6 Å². The lowest BCUT2D eigenvalue weighted by Gasteiger charge is -2.09. The summed E-state index contributed by atoms with van der Waals surface area (Å²) in [5, 5.41) is 21.9. The molecule has 4 rings (SSSR count). The number of hydrogen-bond donors (Lipinski definition) is 3. The van der Waals surface area contributed by atoms with E-state index in [0.717, 1.165) is 21.4 Å². The Labute approximate surface area is 171 Å². The zero-order valence-corrected chi connectivity index (χ0v) is 16.6. The third-order valence-corrected chi connectivity index (χ3v) is 6.01. The molecule has 2 amide bonds. The molecule has 0 bridgehead atoms. The first-order chi connectivity index (χ1) is 14.0. The average Bonchev–Trinajstić information content (AvgIpc) is 3.21. The van der Waals surface area contributed by atoms with Crippen LogP contribution in [0.1, 0.15) is 11.1 Å². The number of para-hydroxylation sites is 1. The second-order valence-corrected chi connectivity index (χ2v) is 7.97. The standard InChI is InChI=1S/C22H20N2O4S/c1-24-10-17(16-7-2-3-8-18(16)24)20-19(21(27)23-22(20)28)13-5-4-6-15(9-13)29-12-14(26)11-25/h2-10,14,25-26H,11-12H2,1H3,(H,23,27,28)/t14-/m0/s1. The van der Waals surface area contributed by atoms with E-state index in [1.807, 2.05) is 60.3 Å². The van der Waals surface area contributed by atoms with Crippen LogP contribution in [0.2, 0.25) is 0 Å². The van der Waals surface area contributed by atoms with Gasteiger partial charge >= 0.3 is 0 Å². The van der Waals surface area contributed by atoms with E-state index >= 15 is 0 Å². The summed E-state index contributed by atoms with van der Waals surface area (Å²) in [4.78, 5) is 26.2. The van der Waals surface area contributed by atoms with Crippen LogP contribution in [0.4, 0.5) is 0 Å². The van der Waals surface area contributed by atoms with Gasteiger partial charge < -0.3 is 14.8 Å². The minimum atomic E-state index is -0.814. The Morgan fingerprint density at radius 1 is 1.07 bits per heavy atom. The molecule has 0 spiro atoms. The molecule has 0 radical (unpaired) electrons. The largest absolute Gasteiger partial charge is 0.394 e. The first kappa shape index (κ1) is 19.4. The summed E-state index contributed by atoms with van der Waals surface area (Å²) in [5.41, 5.74) is 3.04. The molecule has 3 aromatic rings. The molecule has 0 saturated carbocycles. The summed E-state index contributed by atoms with van der Waals surface area (Å²) in [5.74, 6) is -0.495. The highest BCUT2D eigenvalue weighted by atomic mass is 32.2. The summed E-state index contributed by atoms with van der Waals surface area (Å²) in [6, 6.07) is 15.1. The predicted octanol–water partition coefficient (Wildman–Crippen LogP) is 2.19. The summed E-state index contributed by atoms with van der Waals surface area (Å²) >= 11 is 1.38. The Kier molecular flexibility index (Phi) is 5.27. The van der Waals surface area contributed by atoms with Gasteiger partial charge in [0.1, 0.15) is 0 Å². The van der Waals surface area contributed by atoms with Gasteiger partial charge in [-0.3, -0.25) is 14.9 Å². The van der Waals surface area contributed by atoms with Gasteiger partial charge in [-0.25, -0.2) is 0 Å². The van der Waals surface area contributed by atoms with Crippen molar-refractivity contribution in [2.45, 2.75) is 11.0 Å². The van der Waals surface area contributed by atoms with Gasteiger partial charge in [0.25, 0.3) is 11.8 Å². The van der Waals surface area contributed by atoms with Crippen molar-refractivity contribution < 1.29 is 19.8 Å². The monoisotopic (exact) mass is 408 g/mol. The Hall–Kier alpha value is -2.87. The van der Waals surface area contributed by atoms with Crippen LogP contribution in [-0.4, -0.2) is 45.1 Å². The number of fused-ring (bicyclic) bond motifs is 1. The van der Waals surface area contributed by atoms with E-state index < -0.39 is 17.9 Å². The second-order valence-electron chi connectivity index (χ2n) is 6.88. The molecule has 7 heteroatoms. The Bertz CT molecular complexity index is 1150. The minimum Gasteiger partial charge on any atom is -0.394 e. The highest BCUT2D eigenvalue weighted by Gasteiger charge is 2.33. The first-order valence-electron chi connectivity index (χ1n) is 9.16. The molecular formula is C22H20N2O4S. The smallest absolute Gasteiger partial charge is 0.259 e. The molecule has 6 nitrogen and oxygen atoms in total.